The summed E-state index contributed by atoms with van der Waals surface area (Å²) >= 11 is 0. The first kappa shape index (κ1) is 31.3. The summed E-state index contributed by atoms with van der Waals surface area (Å²) < 4.78 is 20.5. The molecule has 0 spiro atoms. The lowest BCUT2D eigenvalue weighted by molar-refractivity contribution is -0.00358. The summed E-state index contributed by atoms with van der Waals surface area (Å²) in [5.41, 5.74) is -3.35. The molecule has 0 bridgehead atoms. The zero-order chi connectivity index (χ0) is 33.1. The van der Waals surface area contributed by atoms with E-state index < -0.39 is 101 Å². The van der Waals surface area contributed by atoms with E-state index in [0.29, 0.717) is 0 Å². The summed E-state index contributed by atoms with van der Waals surface area (Å²) in [5.74, 6) is -14.5. The number of rotatable bonds is 8. The molecule has 4 aromatic carbocycles. The lowest BCUT2D eigenvalue weighted by Gasteiger charge is -2.25. The van der Waals surface area contributed by atoms with E-state index in [4.69, 9.17) is 17.7 Å². The van der Waals surface area contributed by atoms with Gasteiger partial charge in [-0.3, -0.25) is 0 Å². The molecule has 0 unspecified atom stereocenters. The maximum Gasteiger partial charge on any atom is 0.975 e. The molecule has 0 atom stereocenters. The highest BCUT2D eigenvalue weighted by Crippen LogP contribution is 2.35. The van der Waals surface area contributed by atoms with Gasteiger partial charge in [0.25, 0.3) is 0 Å². The van der Waals surface area contributed by atoms with Gasteiger partial charge in [0.1, 0.15) is 22.3 Å². The third kappa shape index (κ3) is 6.42. The maximum atomic E-state index is 13.2. The molecule has 0 saturated carbocycles. The van der Waals surface area contributed by atoms with Crippen LogP contribution in [0.1, 0.15) is 41.4 Å². The van der Waals surface area contributed by atoms with Gasteiger partial charge >= 0.3 is 32.9 Å². The summed E-state index contributed by atoms with van der Waals surface area (Å²) in [6, 6.07) is 11.7. The number of carbonyl (C=O) groups excluding carboxylic acids is 4. The van der Waals surface area contributed by atoms with Crippen LogP contribution in [0.5, 0.6) is 46.0 Å². The van der Waals surface area contributed by atoms with Gasteiger partial charge < -0.3 is 58.6 Å². The van der Waals surface area contributed by atoms with Crippen molar-refractivity contribution in [3.05, 3.63) is 95.1 Å². The van der Waals surface area contributed by atoms with Gasteiger partial charge in [-0.05, 0) is 48.5 Å². The highest BCUT2D eigenvalue weighted by Gasteiger charge is 2.64. The predicted molar refractivity (Wildman–Crippen MR) is 147 cm³/mol. The third-order valence-electron chi connectivity index (χ3n) is 5.81. The summed E-state index contributed by atoms with van der Waals surface area (Å²) in [7, 11) is -6.11. The second kappa shape index (κ2) is 12.3. The van der Waals surface area contributed by atoms with E-state index in [-0.39, 0.29) is 0 Å². The van der Waals surface area contributed by atoms with Gasteiger partial charge in [0.05, 0.1) is 0 Å². The van der Waals surface area contributed by atoms with Crippen LogP contribution in [0, 0.1) is 0 Å². The molecule has 0 aliphatic heterocycles. The first-order valence-corrected chi connectivity index (χ1v) is 13.8. The fraction of sp³-hybridized carbons (Fsp3) is 0. The summed E-state index contributed by atoms with van der Waals surface area (Å²) in [4.78, 5) is 53.0. The van der Waals surface area contributed by atoms with Gasteiger partial charge in [-0.15, -0.1) is 0 Å². The van der Waals surface area contributed by atoms with Crippen molar-refractivity contribution >= 4 is 32.9 Å². The number of phenolic OH excluding ortho intramolecular Hbond substituents is 8. The van der Waals surface area contributed by atoms with Crippen molar-refractivity contribution in [3.8, 4) is 46.0 Å². The Morgan fingerprint density at radius 2 is 0.578 bits per heavy atom. The Morgan fingerprint density at radius 3 is 0.778 bits per heavy atom. The quantitative estimate of drug-likeness (QED) is 0.101. The van der Waals surface area contributed by atoms with Crippen molar-refractivity contribution < 1.29 is 77.7 Å². The second-order valence-corrected chi connectivity index (χ2v) is 10.6. The predicted octanol–water partition coefficient (Wildman–Crippen LogP) is 2.49. The number of aromatic hydroxyl groups is 8. The smallest absolute Gasteiger partial charge is 0.504 e. The Bertz CT molecular complexity index is 1570. The minimum absolute atomic E-state index is 0.832. The second-order valence-electron chi connectivity index (χ2n) is 8.75. The minimum Gasteiger partial charge on any atom is -0.504 e. The average Bonchev–Trinajstić information content (AvgIpc) is 2.98. The van der Waals surface area contributed by atoms with Gasteiger partial charge in [0.2, 0.25) is 0 Å². The zero-order valence-electron chi connectivity index (χ0n) is 22.3. The number of para-hydroxylation sites is 4. The van der Waals surface area contributed by atoms with Crippen molar-refractivity contribution in [1.82, 2.24) is 0 Å². The Morgan fingerprint density at radius 1 is 0.378 bits per heavy atom. The molecule has 4 aromatic rings. The molecule has 0 aliphatic rings. The molecule has 0 radical (unpaired) electrons. The number of carbonyl (C=O) groups is 4. The molecule has 16 nitrogen and oxygen atoms in total. The first-order chi connectivity index (χ1) is 21.2. The lowest BCUT2D eigenvalue weighted by Crippen LogP contribution is -2.54. The number of phenols is 8. The number of benzene rings is 4. The van der Waals surface area contributed by atoms with Crippen LogP contribution in [-0.4, -0.2) is 73.8 Å². The normalized spacial score (nSPS) is 10.8. The third-order valence-corrected chi connectivity index (χ3v) is 7.55. The van der Waals surface area contributed by atoms with Crippen LogP contribution >= 0.6 is 0 Å². The highest BCUT2D eigenvalue weighted by atomic mass is 28.4. The largest absolute Gasteiger partial charge is 0.975 e. The minimum atomic E-state index is -6.11. The molecule has 17 heteroatoms. The van der Waals surface area contributed by atoms with Crippen LogP contribution < -0.4 is 0 Å². The van der Waals surface area contributed by atoms with E-state index >= 15 is 0 Å². The molecule has 0 saturated heterocycles. The zero-order valence-corrected chi connectivity index (χ0v) is 23.3. The molecule has 0 heterocycles. The average molecular weight is 641 g/mol. The van der Waals surface area contributed by atoms with E-state index in [1.165, 1.54) is 0 Å². The van der Waals surface area contributed by atoms with Crippen LogP contribution in [-0.2, 0) is 17.7 Å². The van der Waals surface area contributed by atoms with E-state index in [2.05, 4.69) is 0 Å². The van der Waals surface area contributed by atoms with Gasteiger partial charge in [0.15, 0.2) is 46.0 Å². The van der Waals surface area contributed by atoms with Gasteiger partial charge in [-0.2, -0.15) is 0 Å². The van der Waals surface area contributed by atoms with Gasteiger partial charge in [0, 0.05) is 0 Å². The molecular formula is C28H20O16Si. The van der Waals surface area contributed by atoms with Crippen LogP contribution in [0.2, 0.25) is 0 Å². The SMILES string of the molecule is O=C(O[Si](OC(=O)c1cccc(O)c1O)(OC(=O)c1cccc(O)c1O)OC(=O)c1cccc(O)c1O)c1cccc(O)c1O. The highest BCUT2D eigenvalue weighted by molar-refractivity contribution is 6.62. The van der Waals surface area contributed by atoms with E-state index in [1.54, 1.807) is 0 Å². The Balaban J connectivity index is 1.89. The van der Waals surface area contributed by atoms with E-state index in [9.17, 15) is 60.0 Å². The fourth-order valence-electron chi connectivity index (χ4n) is 3.58. The molecule has 0 amide bonds. The Labute approximate surface area is 251 Å². The summed E-state index contributed by atoms with van der Waals surface area (Å²) in [6.07, 6.45) is 0. The fourth-order valence-corrected chi connectivity index (χ4v) is 5.18. The molecule has 232 valence electrons. The molecule has 0 aromatic heterocycles. The van der Waals surface area contributed by atoms with Crippen LogP contribution in [0.3, 0.4) is 0 Å². The first-order valence-electron chi connectivity index (χ1n) is 12.2. The molecule has 0 aliphatic carbocycles. The van der Waals surface area contributed by atoms with E-state index in [0.717, 1.165) is 72.8 Å². The van der Waals surface area contributed by atoms with Crippen molar-refractivity contribution in [3.63, 3.8) is 0 Å². The molecule has 4 rings (SSSR count). The van der Waals surface area contributed by atoms with Crippen LogP contribution in [0.15, 0.2) is 72.8 Å². The molecule has 0 fully saturated rings. The summed E-state index contributed by atoms with van der Waals surface area (Å²) in [6.45, 7) is 0. The summed E-state index contributed by atoms with van der Waals surface area (Å²) in [5, 5.41) is 80.2. The maximum absolute atomic E-state index is 13.2. The lowest BCUT2D eigenvalue weighted by atomic mass is 10.2. The van der Waals surface area contributed by atoms with Crippen molar-refractivity contribution in [1.29, 1.82) is 0 Å². The van der Waals surface area contributed by atoms with Gasteiger partial charge in [-0.1, -0.05) is 24.3 Å². The Hall–Kier alpha value is -6.62. The van der Waals surface area contributed by atoms with Crippen molar-refractivity contribution in [2.24, 2.45) is 0 Å². The van der Waals surface area contributed by atoms with Gasteiger partial charge in [-0.25, -0.2) is 19.2 Å². The molecule has 8 N–H and O–H groups in total. The Kier molecular flexibility index (Phi) is 8.57. The van der Waals surface area contributed by atoms with E-state index in [1.807, 2.05) is 0 Å². The molecular weight excluding hydrogens is 620 g/mol. The van der Waals surface area contributed by atoms with Crippen molar-refractivity contribution in [2.75, 3.05) is 0 Å². The molecule has 45 heavy (non-hydrogen) atoms. The standard InChI is InChI=1S/C28H20O16Si/c29-17-9-1-5-13(21(17)33)25(37)41-45(42-26(38)14-6-2-10-18(30)22(14)34,43-27(39)15-7-3-11-19(31)23(15)35)44-28(40)16-8-4-12-20(32)24(16)36/h1-12,29-36H. The number of hydrogen-bond donors (Lipinski definition) is 8. The topological polar surface area (TPSA) is 267 Å². The number of hydrogen-bond acceptors (Lipinski definition) is 16. The van der Waals surface area contributed by atoms with Crippen LogP contribution in [0.4, 0.5) is 0 Å². The van der Waals surface area contributed by atoms with Crippen LogP contribution in [0.25, 0.3) is 0 Å². The monoisotopic (exact) mass is 640 g/mol. The van der Waals surface area contributed by atoms with Crippen molar-refractivity contribution in [2.45, 2.75) is 0 Å².